The Bertz CT molecular complexity index is 5120. The highest BCUT2D eigenvalue weighted by atomic mass is 16.8. The van der Waals surface area contributed by atoms with Crippen LogP contribution >= 0.6 is 0 Å². The van der Waals surface area contributed by atoms with E-state index in [4.69, 9.17) is 99.5 Å². The van der Waals surface area contributed by atoms with Gasteiger partial charge in [0.05, 0.1) is 43.2 Å². The molecule has 6 saturated heterocycles. The number of esters is 7. The maximum atomic E-state index is 13.5. The molecule has 820 valence electrons. The molecule has 2 amide bonds. The number of carboxylic acid groups (broad SMARTS) is 1. The number of rotatable bonds is 45. The summed E-state index contributed by atoms with van der Waals surface area (Å²) in [6, 6.07) is 39.5. The molecule has 0 saturated carbocycles. The number of aliphatic carboxylic acids is 1. The first kappa shape index (κ1) is 117. The van der Waals surface area contributed by atoms with Crippen molar-refractivity contribution in [3.05, 3.63) is 167 Å². The molecule has 13 rings (SSSR count). The Hall–Kier alpha value is -10.3. The van der Waals surface area contributed by atoms with Gasteiger partial charge in [0, 0.05) is 95.5 Å². The second-order valence-corrected chi connectivity index (χ2v) is 41.8. The van der Waals surface area contributed by atoms with Crippen LogP contribution in [0.25, 0.3) is 22.3 Å². The van der Waals surface area contributed by atoms with Gasteiger partial charge in [-0.15, -0.1) is 0 Å². The van der Waals surface area contributed by atoms with Crippen molar-refractivity contribution in [1.29, 1.82) is 0 Å². The summed E-state index contributed by atoms with van der Waals surface area (Å²) in [7, 11) is 0. The van der Waals surface area contributed by atoms with E-state index in [0.29, 0.717) is 45.3 Å². The van der Waals surface area contributed by atoms with Gasteiger partial charge in [-0.2, -0.15) is 0 Å². The fourth-order valence-corrected chi connectivity index (χ4v) is 21.2. The van der Waals surface area contributed by atoms with Crippen LogP contribution < -0.4 is 10.6 Å². The van der Waals surface area contributed by atoms with Gasteiger partial charge >= 0.3 is 59.9 Å². The molecule has 6 heterocycles. The van der Waals surface area contributed by atoms with E-state index in [1.165, 1.54) is 41.5 Å². The Balaban J connectivity index is 0.000000266. The molecule has 0 bridgehead atoms. The summed E-state index contributed by atoms with van der Waals surface area (Å²) >= 11 is 0. The van der Waals surface area contributed by atoms with Crippen LogP contribution in [0.3, 0.4) is 0 Å². The maximum absolute atomic E-state index is 13.5. The van der Waals surface area contributed by atoms with Crippen LogP contribution in [0.15, 0.2) is 140 Å². The van der Waals surface area contributed by atoms with Crippen LogP contribution in [-0.4, -0.2) is 242 Å². The topological polar surface area (TPSA) is 409 Å². The van der Waals surface area contributed by atoms with E-state index < -0.39 is 147 Å². The quantitative estimate of drug-likeness (QED) is 0.0141. The molecule has 3 N–H and O–H groups in total. The van der Waals surface area contributed by atoms with Gasteiger partial charge < -0.3 is 115 Å². The van der Waals surface area contributed by atoms with E-state index in [9.17, 15) is 53.1 Å². The molecular formula is C115H158N2O32. The zero-order valence-corrected chi connectivity index (χ0v) is 89.9. The number of nitrogens with one attached hydrogen (secondary N) is 2. The number of carbonyl (C=O) groups is 10. The molecule has 6 fully saturated rings. The van der Waals surface area contributed by atoms with Crippen LogP contribution in [0.5, 0.6) is 0 Å². The molecule has 34 heteroatoms. The van der Waals surface area contributed by atoms with E-state index in [0.717, 1.165) is 56.5 Å². The van der Waals surface area contributed by atoms with Crippen molar-refractivity contribution < 1.29 is 153 Å². The lowest BCUT2D eigenvalue weighted by atomic mass is 9.78. The molecule has 32 atom stereocenters. The number of carboxylic acids is 1. The van der Waals surface area contributed by atoms with Crippen LogP contribution in [0, 0.1) is 82.9 Å². The van der Waals surface area contributed by atoms with Crippen molar-refractivity contribution in [3.8, 4) is 22.3 Å². The number of alkyl carbamates (subject to hydrolysis) is 2. The van der Waals surface area contributed by atoms with Crippen molar-refractivity contribution in [1.82, 2.24) is 10.6 Å². The first-order chi connectivity index (χ1) is 71.3. The van der Waals surface area contributed by atoms with Crippen molar-refractivity contribution in [2.45, 2.75) is 319 Å². The van der Waals surface area contributed by atoms with Crippen molar-refractivity contribution in [2.24, 2.45) is 82.9 Å². The van der Waals surface area contributed by atoms with Crippen LogP contribution in [-0.2, 0) is 144 Å². The molecule has 8 aliphatic rings. The summed E-state index contributed by atoms with van der Waals surface area (Å²) < 4.78 is 129. The zero-order valence-electron chi connectivity index (χ0n) is 89.9. The van der Waals surface area contributed by atoms with Gasteiger partial charge in [0.15, 0.2) is 37.7 Å². The smallest absolute Gasteiger partial charge is 0.407 e. The Morgan fingerprint density at radius 2 is 0.597 bits per heavy atom. The number of fused-ring (bicyclic) bond motifs is 6. The molecule has 34 nitrogen and oxygen atoms in total. The highest BCUT2D eigenvalue weighted by Gasteiger charge is 2.55. The Kier molecular flexibility index (Phi) is 44.3. The van der Waals surface area contributed by atoms with Gasteiger partial charge in [0.25, 0.3) is 0 Å². The fourth-order valence-electron chi connectivity index (χ4n) is 21.2. The average Bonchev–Trinajstić information content (AvgIpc) is 1.63. The second-order valence-electron chi connectivity index (χ2n) is 41.8. The zero-order chi connectivity index (χ0) is 108. The predicted molar refractivity (Wildman–Crippen MR) is 545 cm³/mol. The van der Waals surface area contributed by atoms with E-state index in [1.54, 1.807) is 0 Å². The van der Waals surface area contributed by atoms with E-state index in [-0.39, 0.29) is 191 Å². The molecule has 5 aromatic carbocycles. The summed E-state index contributed by atoms with van der Waals surface area (Å²) in [6.07, 6.45) is -3.38. The van der Waals surface area contributed by atoms with Gasteiger partial charge in [-0.25, -0.2) is 19.2 Å². The minimum absolute atomic E-state index is 0.00620. The largest absolute Gasteiger partial charge is 0.480 e. The van der Waals surface area contributed by atoms with Gasteiger partial charge in [-0.3, -0.25) is 28.8 Å². The lowest BCUT2D eigenvalue weighted by molar-refractivity contribution is -0.352. The van der Waals surface area contributed by atoms with Crippen molar-refractivity contribution >= 4 is 59.9 Å². The molecule has 0 spiro atoms. The number of hydrogen-bond acceptors (Lipinski definition) is 31. The summed E-state index contributed by atoms with van der Waals surface area (Å²) in [4.78, 5) is 124. The SMILES string of the molecule is CC(=O)OCC1O[C@@H](OCCC/C=C/C[C@H](NC(=O)OCC2c3ccccc3-c3ccccc32)C(=O)OCc2ccccc2)C(C)[C@@H](C)[C@@H]1O[C@@H]1OC(COC(C)=O)[C@H](O[C@H]2OC(COC(C)=O)[C@H](C)[C@H](C)C2C)[C@H](C)C1C.CC(=O)OCC1O[C@@H](OCCCCCC[C@H](NC(=O)OCC2c3ccccc3-c3ccccc32)C(=O)O)C(C)[C@@H](C)[C@@H]1O[C@@H]1OC(COC(C)=O)[C@H](O[C@H]2OC(COC(C)=O)[C@H](C)[C@H](C)C2C)[C@H](C)C1C. The first-order valence-electron chi connectivity index (χ1n) is 53.2. The lowest BCUT2D eigenvalue weighted by Crippen LogP contribution is -2.59. The minimum Gasteiger partial charge on any atom is -0.480 e. The summed E-state index contributed by atoms with van der Waals surface area (Å²) in [6.45, 7) is 37.8. The van der Waals surface area contributed by atoms with E-state index in [2.05, 4.69) is 76.4 Å². The van der Waals surface area contributed by atoms with Gasteiger partial charge in [-0.05, 0) is 130 Å². The first-order valence-corrected chi connectivity index (χ1v) is 53.2. The number of ether oxygens (including phenoxy) is 21. The Morgan fingerprint density at radius 3 is 0.946 bits per heavy atom. The van der Waals surface area contributed by atoms with Crippen LogP contribution in [0.2, 0.25) is 0 Å². The molecule has 12 unspecified atom stereocenters. The Labute approximate surface area is 876 Å². The number of benzene rings is 5. The highest BCUT2D eigenvalue weighted by Crippen LogP contribution is 2.50. The third-order valence-electron chi connectivity index (χ3n) is 31.7. The molecule has 0 aromatic heterocycles. The molecule has 6 aliphatic heterocycles. The van der Waals surface area contributed by atoms with Gasteiger partial charge in [-0.1, -0.05) is 256 Å². The van der Waals surface area contributed by atoms with Crippen LogP contribution in [0.4, 0.5) is 9.59 Å². The third kappa shape index (κ3) is 31.7. The third-order valence-corrected chi connectivity index (χ3v) is 31.7. The number of allylic oxidation sites excluding steroid dienone is 1. The maximum Gasteiger partial charge on any atom is 0.407 e. The number of unbranched alkanes of at least 4 members (excludes halogenated alkanes) is 4. The summed E-state index contributed by atoms with van der Waals surface area (Å²) in [5.74, 6) is -5.46. The van der Waals surface area contributed by atoms with Crippen LogP contribution in [0.1, 0.15) is 229 Å². The summed E-state index contributed by atoms with van der Waals surface area (Å²) in [5.41, 5.74) is 9.57. The lowest BCUT2D eigenvalue weighted by Gasteiger charge is -2.50. The second kappa shape index (κ2) is 56.3. The van der Waals surface area contributed by atoms with Gasteiger partial charge in [0.2, 0.25) is 0 Å². The monoisotopic (exact) mass is 2080 g/mol. The van der Waals surface area contributed by atoms with Crippen molar-refractivity contribution in [2.75, 3.05) is 66.1 Å². The fraction of sp³-hybridized carbons (Fsp3) is 0.635. The Morgan fingerprint density at radius 1 is 0.302 bits per heavy atom. The minimum atomic E-state index is -1.12. The van der Waals surface area contributed by atoms with Gasteiger partial charge in [0.1, 0.15) is 96.0 Å². The molecule has 5 aromatic rings. The molecule has 0 radical (unpaired) electrons. The normalized spacial score (nSPS) is 31.0. The molecular weight excluding hydrogens is 1920 g/mol. The predicted octanol–water partition coefficient (Wildman–Crippen LogP) is 17.5. The van der Waals surface area contributed by atoms with Crippen molar-refractivity contribution in [3.63, 3.8) is 0 Å². The highest BCUT2D eigenvalue weighted by molar-refractivity contribution is 5.83. The number of carbonyl (C=O) groups excluding carboxylic acids is 9. The number of amides is 2. The standard InChI is InChI=1S/C61H81NO16.C54H77NO16/c1-35-36(2)52(32-69-42(8)63)74-59(39(35)5)77-56-38(4)41(7)60(76-54(56)34-71-44(10)65)78-55-37(3)40(6)58(75-53(55)33-70-43(9)64)68-29-21-12-11-16-28-51(57(66)72-30-45-22-14-13-15-23-45)62-61(67)73-31-50-48-26-19-17-24-46(48)47-25-18-20-27-49(47)50;1-29-30(2)45(26-63-36(8)56)67-52(33(29)5)70-49-32(4)35(7)53(69-47(49)28-65-38(10)58)71-48-31(3)34(6)51(68-46(48)27-64-37(9)57)62-24-18-12-11-13-23-44(50(59)60)55-54(61)66-25-43-41-21-16-14-19-39(41)40-20-15-17-22-42(40)43/h11,13-20,22-27,35-41,50-56,58-60H,12,21,28-34H2,1-10H3,(H,62,67);14-17,19-22,29-35,43-49,51-53H,11-13,18,23-28H2,1-10H3,(H,55,61)(H,59,60)/b16-11+;/t35-,36+,37+,38+,39?,40?,41?,51-,52?,53?,54?,55-,56+,58+,59+,60-;29-,30+,31+,32+,33?,34?,35?,44-,45?,46?,47?,48-,49+,51+,52+,53-/m00/s1. The van der Waals surface area contributed by atoms with E-state index >= 15 is 0 Å². The summed E-state index contributed by atoms with van der Waals surface area (Å²) in [5, 5.41) is 15.2. The average molecular weight is 2080 g/mol. The molecule has 2 aliphatic carbocycles. The molecule has 149 heavy (non-hydrogen) atoms. The number of hydrogen-bond donors (Lipinski definition) is 3. The van der Waals surface area contributed by atoms with E-state index in [1.807, 2.05) is 171 Å².